The van der Waals surface area contributed by atoms with Crippen LogP contribution >= 0.6 is 11.6 Å². The van der Waals surface area contributed by atoms with E-state index in [2.05, 4.69) is 0 Å². The predicted molar refractivity (Wildman–Crippen MR) is 143 cm³/mol. The monoisotopic (exact) mass is 526 g/mol. The first-order chi connectivity index (χ1) is 18.4. The van der Waals surface area contributed by atoms with E-state index in [9.17, 15) is 19.7 Å². The Morgan fingerprint density at radius 1 is 1.00 bits per heavy atom. The molecule has 1 amide bonds. The van der Waals surface area contributed by atoms with E-state index in [-0.39, 0.29) is 16.6 Å². The third-order valence-electron chi connectivity index (χ3n) is 5.95. The summed E-state index contributed by atoms with van der Waals surface area (Å²) in [5.74, 6) is 0.183. The van der Waals surface area contributed by atoms with Crippen molar-refractivity contribution < 1.29 is 23.7 Å². The number of anilines is 1. The zero-order valence-electron chi connectivity index (χ0n) is 20.0. The Morgan fingerprint density at radius 3 is 2.42 bits per heavy atom. The molecule has 0 radical (unpaired) electrons. The Hall–Kier alpha value is -4.95. The Balaban J connectivity index is 1.51. The molecule has 0 atom stereocenters. The normalized spacial score (nSPS) is 14.1. The van der Waals surface area contributed by atoms with Crippen molar-refractivity contribution in [2.45, 2.75) is 0 Å². The van der Waals surface area contributed by atoms with Crippen LogP contribution in [-0.4, -0.2) is 23.9 Å². The van der Waals surface area contributed by atoms with Gasteiger partial charge >= 0.3 is 5.97 Å². The lowest BCUT2D eigenvalue weighted by molar-refractivity contribution is -0.384. The molecule has 0 N–H and O–H groups in total. The first kappa shape index (κ1) is 24.7. The molecule has 188 valence electrons. The quantitative estimate of drug-likeness (QED) is 0.119. The molecule has 0 aliphatic carbocycles. The van der Waals surface area contributed by atoms with Crippen LogP contribution in [0.3, 0.4) is 0 Å². The first-order valence-corrected chi connectivity index (χ1v) is 11.8. The molecule has 5 rings (SSSR count). The molecule has 4 aromatic rings. The van der Waals surface area contributed by atoms with Crippen LogP contribution in [0.2, 0.25) is 5.02 Å². The van der Waals surface area contributed by atoms with E-state index in [1.54, 1.807) is 54.6 Å². The lowest BCUT2D eigenvalue weighted by Crippen LogP contribution is -2.25. The van der Waals surface area contributed by atoms with Crippen molar-refractivity contribution >= 4 is 46.6 Å². The van der Waals surface area contributed by atoms with Crippen LogP contribution in [0.5, 0.6) is 0 Å². The van der Waals surface area contributed by atoms with Crippen molar-refractivity contribution in [1.29, 1.82) is 0 Å². The van der Waals surface area contributed by atoms with Gasteiger partial charge < -0.3 is 9.15 Å². The Labute approximate surface area is 222 Å². The van der Waals surface area contributed by atoms with Crippen molar-refractivity contribution in [3.63, 3.8) is 0 Å². The number of nitro benzene ring substituents is 1. The van der Waals surface area contributed by atoms with E-state index in [4.69, 9.17) is 20.8 Å². The number of carbonyl (C=O) groups excluding carboxylic acids is 2. The Kier molecular flexibility index (Phi) is 6.64. The SMILES string of the molecule is COC(=O)c1ccc(-c2ccc(/C=C3\C=C(c4ccccc4)N(c4ccc(Cl)c([N+](=O)[O-])c4)C3=O)o2)cc1. The molecule has 0 saturated carbocycles. The van der Waals surface area contributed by atoms with E-state index in [1.807, 2.05) is 30.3 Å². The van der Waals surface area contributed by atoms with Gasteiger partial charge in [0.2, 0.25) is 0 Å². The first-order valence-electron chi connectivity index (χ1n) is 11.4. The molecule has 8 nitrogen and oxygen atoms in total. The second kappa shape index (κ2) is 10.2. The molecular weight excluding hydrogens is 508 g/mol. The minimum Gasteiger partial charge on any atom is -0.465 e. The Bertz CT molecular complexity index is 1620. The van der Waals surface area contributed by atoms with Gasteiger partial charge in [-0.05, 0) is 54.1 Å². The second-order valence-electron chi connectivity index (χ2n) is 8.30. The van der Waals surface area contributed by atoms with Crippen LogP contribution in [0.25, 0.3) is 23.1 Å². The third kappa shape index (κ3) is 4.72. The number of benzene rings is 3. The zero-order chi connectivity index (χ0) is 26.8. The number of rotatable bonds is 6. The average molecular weight is 527 g/mol. The van der Waals surface area contributed by atoms with Crippen LogP contribution in [0.15, 0.2) is 101 Å². The van der Waals surface area contributed by atoms with Crippen LogP contribution < -0.4 is 4.90 Å². The molecule has 0 spiro atoms. The smallest absolute Gasteiger partial charge is 0.337 e. The van der Waals surface area contributed by atoms with E-state index in [1.165, 1.54) is 24.1 Å². The fourth-order valence-electron chi connectivity index (χ4n) is 4.10. The molecule has 2 heterocycles. The second-order valence-corrected chi connectivity index (χ2v) is 8.71. The molecule has 0 bridgehead atoms. The van der Waals surface area contributed by atoms with Gasteiger partial charge in [-0.1, -0.05) is 54.1 Å². The minimum absolute atomic E-state index is 0.0193. The fourth-order valence-corrected chi connectivity index (χ4v) is 4.29. The molecule has 0 saturated heterocycles. The molecule has 0 fully saturated rings. The van der Waals surface area contributed by atoms with Gasteiger partial charge in [-0.25, -0.2) is 4.79 Å². The van der Waals surface area contributed by atoms with Crippen molar-refractivity contribution in [1.82, 2.24) is 0 Å². The number of furan rings is 1. The predicted octanol–water partition coefficient (Wildman–Crippen LogP) is 6.77. The molecule has 1 aliphatic heterocycles. The summed E-state index contributed by atoms with van der Waals surface area (Å²) in [7, 11) is 1.32. The summed E-state index contributed by atoms with van der Waals surface area (Å²) in [6, 6.07) is 23.7. The summed E-state index contributed by atoms with van der Waals surface area (Å²) >= 11 is 6.00. The third-order valence-corrected chi connectivity index (χ3v) is 6.27. The minimum atomic E-state index is -0.586. The number of esters is 1. The largest absolute Gasteiger partial charge is 0.465 e. The lowest BCUT2D eigenvalue weighted by atomic mass is 10.1. The summed E-state index contributed by atoms with van der Waals surface area (Å²) < 4.78 is 10.7. The maximum Gasteiger partial charge on any atom is 0.337 e. The number of nitro groups is 1. The van der Waals surface area contributed by atoms with E-state index in [0.29, 0.717) is 34.0 Å². The van der Waals surface area contributed by atoms with Gasteiger partial charge in [0, 0.05) is 17.2 Å². The number of amides is 1. The van der Waals surface area contributed by atoms with Crippen LogP contribution in [-0.2, 0) is 9.53 Å². The highest BCUT2D eigenvalue weighted by Crippen LogP contribution is 2.38. The molecule has 9 heteroatoms. The van der Waals surface area contributed by atoms with E-state index in [0.717, 1.165) is 11.1 Å². The van der Waals surface area contributed by atoms with Gasteiger partial charge in [-0.2, -0.15) is 0 Å². The number of ether oxygens (including phenoxy) is 1. The number of nitrogens with zero attached hydrogens (tertiary/aromatic N) is 2. The topological polar surface area (TPSA) is 103 Å². The molecule has 1 aromatic heterocycles. The molecule has 0 unspecified atom stereocenters. The van der Waals surface area contributed by atoms with Gasteiger partial charge in [0.05, 0.1) is 29.0 Å². The highest BCUT2D eigenvalue weighted by atomic mass is 35.5. The van der Waals surface area contributed by atoms with Gasteiger partial charge in [0.25, 0.3) is 11.6 Å². The summed E-state index contributed by atoms with van der Waals surface area (Å²) in [4.78, 5) is 37.6. The molecule has 3 aromatic carbocycles. The van der Waals surface area contributed by atoms with Gasteiger partial charge in [0.15, 0.2) is 0 Å². The molecule has 38 heavy (non-hydrogen) atoms. The summed E-state index contributed by atoms with van der Waals surface area (Å²) in [5, 5.41) is 11.5. The van der Waals surface area contributed by atoms with Crippen molar-refractivity contribution in [3.05, 3.63) is 129 Å². The molecular formula is C29H19ClN2O6. The average Bonchev–Trinajstić information content (AvgIpc) is 3.54. The van der Waals surface area contributed by atoms with Crippen molar-refractivity contribution in [3.8, 4) is 11.3 Å². The van der Waals surface area contributed by atoms with Gasteiger partial charge in [-0.15, -0.1) is 0 Å². The van der Waals surface area contributed by atoms with E-state index >= 15 is 0 Å². The number of methoxy groups -OCH3 is 1. The summed E-state index contributed by atoms with van der Waals surface area (Å²) in [6.07, 6.45) is 3.33. The highest BCUT2D eigenvalue weighted by molar-refractivity contribution is 6.33. The Morgan fingerprint density at radius 2 is 1.74 bits per heavy atom. The van der Waals surface area contributed by atoms with Crippen LogP contribution in [0.1, 0.15) is 21.7 Å². The van der Waals surface area contributed by atoms with Crippen molar-refractivity contribution in [2.24, 2.45) is 0 Å². The van der Waals surface area contributed by atoms with Crippen LogP contribution in [0, 0.1) is 10.1 Å². The molecule has 1 aliphatic rings. The maximum atomic E-state index is 13.6. The number of hydrogen-bond acceptors (Lipinski definition) is 6. The summed E-state index contributed by atoms with van der Waals surface area (Å²) in [6.45, 7) is 0. The standard InChI is InChI=1S/C29H19ClN2O6/c1-37-29(34)20-9-7-19(8-10-20)27-14-12-23(38-27)15-21-16-25(18-5-3-2-4-6-18)31(28(21)33)22-11-13-24(30)26(17-22)32(35)36/h2-17H,1H3/b21-15+. The summed E-state index contributed by atoms with van der Waals surface area (Å²) in [5.41, 5.74) is 2.84. The lowest BCUT2D eigenvalue weighted by Gasteiger charge is -2.20. The van der Waals surface area contributed by atoms with Gasteiger partial charge in [0.1, 0.15) is 16.5 Å². The number of hydrogen-bond donors (Lipinski definition) is 0. The number of carbonyl (C=O) groups is 2. The van der Waals surface area contributed by atoms with E-state index < -0.39 is 10.9 Å². The maximum absolute atomic E-state index is 13.6. The van der Waals surface area contributed by atoms with Crippen molar-refractivity contribution in [2.75, 3.05) is 12.0 Å². The van der Waals surface area contributed by atoms with Crippen LogP contribution in [0.4, 0.5) is 11.4 Å². The highest BCUT2D eigenvalue weighted by Gasteiger charge is 2.32. The van der Waals surface area contributed by atoms with Gasteiger partial charge in [-0.3, -0.25) is 19.8 Å². The number of halogens is 1. The zero-order valence-corrected chi connectivity index (χ0v) is 20.7. The fraction of sp³-hybridized carbons (Fsp3) is 0.0345.